The first-order valence-corrected chi connectivity index (χ1v) is 23.0. The molecule has 0 radical (unpaired) electrons. The van der Waals surface area contributed by atoms with Crippen LogP contribution in [0.4, 0.5) is 0 Å². The quantitative estimate of drug-likeness (QED) is 0.142. The van der Waals surface area contributed by atoms with Gasteiger partial charge in [-0.15, -0.1) is 0 Å². The Labute approximate surface area is 359 Å². The largest absolute Gasteiger partial charge is 0.530 e. The average Bonchev–Trinajstić information content (AvgIpc) is 3.24. The monoisotopic (exact) mass is 838 g/mol. The van der Waals surface area contributed by atoms with Crippen molar-refractivity contribution in [2.45, 2.75) is 60.8 Å². The van der Waals surface area contributed by atoms with E-state index >= 15 is 0 Å². The van der Waals surface area contributed by atoms with Gasteiger partial charge in [-0.2, -0.15) is 0 Å². The summed E-state index contributed by atoms with van der Waals surface area (Å²) in [4.78, 5) is 0. The summed E-state index contributed by atoms with van der Waals surface area (Å²) in [5, 5.41) is 4.13. The molecule has 61 heavy (non-hydrogen) atoms. The average molecular weight is 839 g/mol. The zero-order valence-electron chi connectivity index (χ0n) is 35.0. The molecule has 0 saturated heterocycles. The smallest absolute Gasteiger partial charge is 0.408 e. The minimum atomic E-state index is -2.06. The maximum Gasteiger partial charge on any atom is 0.530 e. The summed E-state index contributed by atoms with van der Waals surface area (Å²) >= 11 is 0. The van der Waals surface area contributed by atoms with Crippen LogP contribution in [0.5, 0.6) is 34.5 Å². The van der Waals surface area contributed by atoms with Crippen LogP contribution < -0.4 is 27.1 Å². The lowest BCUT2D eigenvalue weighted by atomic mass is 9.89. The molecule has 0 amide bonds. The molecule has 3 aliphatic heterocycles. The van der Waals surface area contributed by atoms with Crippen molar-refractivity contribution in [1.82, 2.24) is 0 Å². The third-order valence-electron chi connectivity index (χ3n) is 12.7. The predicted octanol–water partition coefficient (Wildman–Crippen LogP) is 14.8. The van der Waals surface area contributed by atoms with Crippen LogP contribution in [0.1, 0.15) is 66.8 Å². The van der Waals surface area contributed by atoms with Crippen LogP contribution >= 0.6 is 17.2 Å². The van der Waals surface area contributed by atoms with Crippen molar-refractivity contribution in [3.63, 3.8) is 0 Å². The summed E-state index contributed by atoms with van der Waals surface area (Å²) in [6, 6.07) is 42.5. The summed E-state index contributed by atoms with van der Waals surface area (Å²) in [5.41, 5.74) is 15.0. The molecule has 0 spiro atoms. The Morgan fingerprint density at radius 3 is 1.13 bits per heavy atom. The molecule has 2 unspecified atom stereocenters. The molecule has 3 heterocycles. The van der Waals surface area contributed by atoms with E-state index in [1.54, 1.807) is 0 Å². The Hall–Kier alpha value is -6.06. The van der Waals surface area contributed by atoms with E-state index in [0.29, 0.717) is 30.8 Å². The Kier molecular flexibility index (Phi) is 9.22. The van der Waals surface area contributed by atoms with Crippen molar-refractivity contribution in [3.8, 4) is 45.6 Å². The molecular weight excluding hydrogens is 795 g/mol. The third kappa shape index (κ3) is 6.47. The molecule has 302 valence electrons. The van der Waals surface area contributed by atoms with Crippen molar-refractivity contribution in [3.05, 3.63) is 188 Å². The van der Waals surface area contributed by atoms with Crippen molar-refractivity contribution in [2.24, 2.45) is 0 Å². The van der Waals surface area contributed by atoms with E-state index in [1.807, 2.05) is 12.1 Å². The number of hydrogen-bond acceptors (Lipinski definition) is 6. The van der Waals surface area contributed by atoms with Gasteiger partial charge in [0, 0.05) is 52.6 Å². The minimum Gasteiger partial charge on any atom is -0.408 e. The molecule has 2 atom stereocenters. The lowest BCUT2D eigenvalue weighted by Crippen LogP contribution is -2.14. The second-order valence-corrected chi connectivity index (χ2v) is 18.5. The van der Waals surface area contributed by atoms with Crippen LogP contribution in [0.2, 0.25) is 0 Å². The molecule has 4 bridgehead atoms. The van der Waals surface area contributed by atoms with Crippen molar-refractivity contribution in [2.75, 3.05) is 0 Å². The summed E-state index contributed by atoms with van der Waals surface area (Å²) < 4.78 is 43.0. The summed E-state index contributed by atoms with van der Waals surface area (Å²) in [7, 11) is -4.11. The van der Waals surface area contributed by atoms with Gasteiger partial charge in [-0.05, 0) is 120 Å². The Morgan fingerprint density at radius 1 is 0.328 bits per heavy atom. The SMILES string of the molecule is Cc1ccc(C)c2c1Cc1c(C)ccc3c1OP(Oc1ccc4ccccc4c1-c1c(ccc4ccccc14)OP1Oc4c(C)ccc(C)c4Cc4c(C)ccc(c4O1)C3)O2. The molecular formula is C53H44O6P2. The molecule has 8 aromatic carbocycles. The Bertz CT molecular complexity index is 2910. The van der Waals surface area contributed by atoms with Gasteiger partial charge in [0.15, 0.2) is 0 Å². The second-order valence-electron chi connectivity index (χ2n) is 16.6. The van der Waals surface area contributed by atoms with Gasteiger partial charge in [0.25, 0.3) is 0 Å². The highest BCUT2D eigenvalue weighted by Crippen LogP contribution is 2.57. The van der Waals surface area contributed by atoms with Crippen LogP contribution in [-0.2, 0) is 19.3 Å². The number of fused-ring (bicyclic) bond motifs is 11. The van der Waals surface area contributed by atoms with Crippen molar-refractivity contribution in [1.29, 1.82) is 0 Å². The maximum absolute atomic E-state index is 7.24. The molecule has 0 aliphatic carbocycles. The van der Waals surface area contributed by atoms with Crippen LogP contribution in [0.25, 0.3) is 32.7 Å². The highest BCUT2D eigenvalue weighted by molar-refractivity contribution is 7.43. The number of hydrogen-bond donors (Lipinski definition) is 0. The van der Waals surface area contributed by atoms with E-state index in [-0.39, 0.29) is 0 Å². The van der Waals surface area contributed by atoms with Gasteiger partial charge < -0.3 is 27.1 Å². The van der Waals surface area contributed by atoms with Crippen LogP contribution in [0, 0.1) is 41.5 Å². The van der Waals surface area contributed by atoms with Gasteiger partial charge in [0.05, 0.1) is 0 Å². The molecule has 8 heteroatoms. The fourth-order valence-corrected chi connectivity index (χ4v) is 11.6. The molecule has 0 fully saturated rings. The fourth-order valence-electron chi connectivity index (χ4n) is 9.18. The van der Waals surface area contributed by atoms with Gasteiger partial charge in [0.1, 0.15) is 34.5 Å². The topological polar surface area (TPSA) is 55.4 Å². The Balaban J connectivity index is 1.24. The number of benzene rings is 8. The highest BCUT2D eigenvalue weighted by Gasteiger charge is 2.35. The zero-order chi connectivity index (χ0) is 41.5. The number of aryl methyl sites for hydroxylation is 6. The first kappa shape index (κ1) is 37.9. The third-order valence-corrected chi connectivity index (χ3v) is 14.7. The lowest BCUT2D eigenvalue weighted by molar-refractivity contribution is 0.378. The number of rotatable bonds is 0. The zero-order valence-corrected chi connectivity index (χ0v) is 36.8. The molecule has 8 aromatic rings. The summed E-state index contributed by atoms with van der Waals surface area (Å²) in [6.45, 7) is 12.9. The molecule has 0 aromatic heterocycles. The summed E-state index contributed by atoms with van der Waals surface area (Å²) in [5.74, 6) is 4.42. The van der Waals surface area contributed by atoms with Gasteiger partial charge in [-0.1, -0.05) is 109 Å². The molecule has 0 N–H and O–H groups in total. The molecule has 0 saturated carbocycles. The summed E-state index contributed by atoms with van der Waals surface area (Å²) in [6.07, 6.45) is 1.86. The maximum atomic E-state index is 7.24. The molecule has 6 nitrogen and oxygen atoms in total. The van der Waals surface area contributed by atoms with Crippen LogP contribution in [0.3, 0.4) is 0 Å². The van der Waals surface area contributed by atoms with Crippen molar-refractivity contribution >= 4 is 38.7 Å². The van der Waals surface area contributed by atoms with Crippen molar-refractivity contribution < 1.29 is 27.1 Å². The first-order chi connectivity index (χ1) is 29.7. The lowest BCUT2D eigenvalue weighted by Gasteiger charge is -2.29. The van der Waals surface area contributed by atoms with E-state index in [2.05, 4.69) is 151 Å². The minimum absolute atomic E-state index is 0.541. The van der Waals surface area contributed by atoms with E-state index in [1.165, 1.54) is 0 Å². The predicted molar refractivity (Wildman–Crippen MR) is 247 cm³/mol. The van der Waals surface area contributed by atoms with Gasteiger partial charge in [-0.3, -0.25) is 0 Å². The Morgan fingerprint density at radius 2 is 0.689 bits per heavy atom. The molecule has 11 rings (SSSR count). The van der Waals surface area contributed by atoms with E-state index in [0.717, 1.165) is 122 Å². The molecule has 3 aliphatic rings. The van der Waals surface area contributed by atoms with Gasteiger partial charge in [-0.25, -0.2) is 0 Å². The van der Waals surface area contributed by atoms with Gasteiger partial charge in [0.2, 0.25) is 0 Å². The van der Waals surface area contributed by atoms with Gasteiger partial charge >= 0.3 is 17.2 Å². The highest BCUT2D eigenvalue weighted by atomic mass is 31.2. The normalized spacial score (nSPS) is 16.3. The standard InChI is InChI=1S/C53H44O6P2/c1-30-15-17-34(5)50-42(30)28-44-32(3)19-21-38-27-39-22-20-33(4)45-29-43-31(2)16-18-35(6)51(43)57-61(59-53(39)45)55-47-26-24-37-12-8-10-14-41(37)49(47)48-40-13-9-7-11-36(40)23-25-46(48)54-60(56-50)58-52(38)44/h7-26H,27-29H2,1-6H3. The second kappa shape index (κ2) is 14.8. The van der Waals surface area contributed by atoms with E-state index in [9.17, 15) is 0 Å². The van der Waals surface area contributed by atoms with E-state index in [4.69, 9.17) is 27.1 Å². The van der Waals surface area contributed by atoms with E-state index < -0.39 is 17.2 Å². The fraction of sp³-hybridized carbons (Fsp3) is 0.170. The van der Waals surface area contributed by atoms with Crippen LogP contribution in [-0.4, -0.2) is 0 Å². The first-order valence-electron chi connectivity index (χ1n) is 20.8. The van der Waals surface area contributed by atoms with Crippen LogP contribution in [0.15, 0.2) is 121 Å².